The number of non-ortho nitro benzene ring substituents is 1. The first kappa shape index (κ1) is 18.9. The first-order chi connectivity index (χ1) is 14.5. The molecule has 0 aliphatic carbocycles. The molecule has 2 heterocycles. The Morgan fingerprint density at radius 2 is 1.70 bits per heavy atom. The Morgan fingerprint density at radius 1 is 1.00 bits per heavy atom. The van der Waals surface area contributed by atoms with E-state index in [9.17, 15) is 10.1 Å². The Labute approximate surface area is 182 Å². The minimum atomic E-state index is -0.505. The van der Waals surface area contributed by atoms with E-state index in [0.29, 0.717) is 16.5 Å². The number of nitrogens with zero attached hydrogens (tertiary/aromatic N) is 3. The van der Waals surface area contributed by atoms with E-state index in [-0.39, 0.29) is 11.7 Å². The molecule has 0 spiro atoms. The Kier molecular flexibility index (Phi) is 4.60. The minimum absolute atomic E-state index is 0.0325. The van der Waals surface area contributed by atoms with Gasteiger partial charge in [0.15, 0.2) is 0 Å². The highest BCUT2D eigenvalue weighted by atomic mass is 35.5. The molecule has 0 saturated carbocycles. The second-order valence-corrected chi connectivity index (χ2v) is 8.03. The monoisotopic (exact) mass is 439 g/mol. The Morgan fingerprint density at radius 3 is 2.40 bits per heavy atom. The van der Waals surface area contributed by atoms with Gasteiger partial charge >= 0.3 is 0 Å². The number of hydrogen-bond acceptors (Lipinski definition) is 5. The largest absolute Gasteiger partial charge is 0.464 e. The van der Waals surface area contributed by atoms with E-state index in [1.54, 1.807) is 18.2 Å². The van der Waals surface area contributed by atoms with Crippen molar-refractivity contribution in [3.05, 3.63) is 104 Å². The second kappa shape index (κ2) is 7.31. The van der Waals surface area contributed by atoms with Crippen molar-refractivity contribution in [1.82, 2.24) is 5.01 Å². The van der Waals surface area contributed by atoms with Crippen LogP contribution in [0.5, 0.6) is 5.75 Å². The maximum Gasteiger partial charge on any atom is 0.269 e. The molecular formula is C22H15Cl2N3O3. The molecule has 0 saturated heterocycles. The summed E-state index contributed by atoms with van der Waals surface area (Å²) in [6, 6.07) is 19.4. The van der Waals surface area contributed by atoms with Crippen molar-refractivity contribution in [2.45, 2.75) is 18.7 Å². The number of halogens is 2. The maximum absolute atomic E-state index is 11.0. The molecule has 3 aromatic carbocycles. The van der Waals surface area contributed by atoms with Crippen LogP contribution in [0.25, 0.3) is 0 Å². The summed E-state index contributed by atoms with van der Waals surface area (Å²) in [5.74, 6) is 0.733. The first-order valence-corrected chi connectivity index (χ1v) is 10.1. The number of nitro benzene ring substituents is 1. The Hall–Kier alpha value is -3.09. The van der Waals surface area contributed by atoms with Gasteiger partial charge in [-0.3, -0.25) is 10.1 Å². The van der Waals surface area contributed by atoms with Crippen LogP contribution in [0, 0.1) is 10.1 Å². The van der Waals surface area contributed by atoms with Crippen LogP contribution in [0.1, 0.15) is 35.4 Å². The molecule has 8 heteroatoms. The van der Waals surface area contributed by atoms with Crippen LogP contribution in [0.2, 0.25) is 10.0 Å². The lowest BCUT2D eigenvalue weighted by atomic mass is 9.96. The van der Waals surface area contributed by atoms with E-state index in [1.165, 1.54) is 12.1 Å². The van der Waals surface area contributed by atoms with Gasteiger partial charge in [0, 0.05) is 39.7 Å². The van der Waals surface area contributed by atoms with Gasteiger partial charge in [-0.2, -0.15) is 5.10 Å². The summed E-state index contributed by atoms with van der Waals surface area (Å²) in [6.07, 6.45) is 0.177. The van der Waals surface area contributed by atoms with Gasteiger partial charge < -0.3 is 4.74 Å². The lowest BCUT2D eigenvalue weighted by Crippen LogP contribution is -2.33. The fourth-order valence-corrected chi connectivity index (χ4v) is 4.16. The molecule has 2 aliphatic heterocycles. The number of fused-ring (bicyclic) bond motifs is 3. The van der Waals surface area contributed by atoms with Gasteiger partial charge in [-0.25, -0.2) is 5.01 Å². The lowest BCUT2D eigenvalue weighted by Gasteiger charge is -2.38. The normalized spacial score (nSPS) is 19.5. The molecule has 6 nitrogen and oxygen atoms in total. The molecule has 2 atom stereocenters. The van der Waals surface area contributed by atoms with Crippen LogP contribution in [0.15, 0.2) is 71.8 Å². The van der Waals surface area contributed by atoms with Crippen LogP contribution in [0.3, 0.4) is 0 Å². The number of hydrazone groups is 1. The Balaban J connectivity index is 1.57. The lowest BCUT2D eigenvalue weighted by molar-refractivity contribution is -0.384. The van der Waals surface area contributed by atoms with Crippen LogP contribution in [-0.2, 0) is 0 Å². The van der Waals surface area contributed by atoms with Gasteiger partial charge in [-0.15, -0.1) is 0 Å². The average Bonchev–Trinajstić information content (AvgIpc) is 3.19. The molecule has 0 N–H and O–H groups in total. The van der Waals surface area contributed by atoms with Crippen molar-refractivity contribution in [2.75, 3.05) is 0 Å². The number of benzene rings is 3. The molecule has 2 aliphatic rings. The quantitative estimate of drug-likeness (QED) is 0.362. The summed E-state index contributed by atoms with van der Waals surface area (Å²) >= 11 is 12.3. The van der Waals surface area contributed by atoms with Crippen molar-refractivity contribution < 1.29 is 9.66 Å². The Bertz CT molecular complexity index is 1160. The van der Waals surface area contributed by atoms with Gasteiger partial charge in [0.25, 0.3) is 5.69 Å². The van der Waals surface area contributed by atoms with Crippen molar-refractivity contribution in [1.29, 1.82) is 0 Å². The fraction of sp³-hybridized carbons (Fsp3) is 0.136. The first-order valence-electron chi connectivity index (χ1n) is 9.32. The molecule has 0 fully saturated rings. The third-order valence-electron chi connectivity index (χ3n) is 5.32. The van der Waals surface area contributed by atoms with Crippen LogP contribution in [0.4, 0.5) is 5.69 Å². The smallest absolute Gasteiger partial charge is 0.269 e. The summed E-state index contributed by atoms with van der Waals surface area (Å²) in [5, 5.41) is 19.1. The highest BCUT2D eigenvalue weighted by Crippen LogP contribution is 2.48. The van der Waals surface area contributed by atoms with Crippen LogP contribution in [-0.4, -0.2) is 15.6 Å². The third-order valence-corrected chi connectivity index (χ3v) is 5.81. The number of ether oxygens (including phenoxy) is 1. The van der Waals surface area contributed by atoms with E-state index < -0.39 is 11.2 Å². The zero-order valence-corrected chi connectivity index (χ0v) is 17.0. The molecule has 0 unspecified atom stereocenters. The highest BCUT2D eigenvalue weighted by Gasteiger charge is 2.41. The third kappa shape index (κ3) is 3.28. The van der Waals surface area contributed by atoms with Gasteiger partial charge in [0.2, 0.25) is 6.23 Å². The molecule has 0 radical (unpaired) electrons. The molecule has 0 aromatic heterocycles. The summed E-state index contributed by atoms with van der Waals surface area (Å²) in [7, 11) is 0. The standard InChI is InChI=1S/C22H15Cl2N3O3/c23-15-5-1-13(2-6-15)19-12-20-18-11-16(24)7-10-21(18)30-22(26(20)25-19)14-3-8-17(9-4-14)27(28)29/h1-11,20,22H,12H2/t20-,22+/m1/s1. The number of hydrogen-bond donors (Lipinski definition) is 0. The van der Waals surface area contributed by atoms with E-state index in [4.69, 9.17) is 33.0 Å². The van der Waals surface area contributed by atoms with Crippen LogP contribution >= 0.6 is 23.2 Å². The van der Waals surface area contributed by atoms with Gasteiger partial charge in [-0.05, 0) is 48.0 Å². The molecule has 150 valence electrons. The summed E-state index contributed by atoms with van der Waals surface area (Å²) in [4.78, 5) is 10.6. The summed E-state index contributed by atoms with van der Waals surface area (Å²) < 4.78 is 6.26. The highest BCUT2D eigenvalue weighted by molar-refractivity contribution is 6.31. The molecule has 30 heavy (non-hydrogen) atoms. The molecule has 5 rings (SSSR count). The molecule has 3 aromatic rings. The molecule has 0 bridgehead atoms. The van der Waals surface area contributed by atoms with Gasteiger partial charge in [0.05, 0.1) is 16.7 Å². The topological polar surface area (TPSA) is 68.0 Å². The average molecular weight is 440 g/mol. The van der Waals surface area contributed by atoms with Crippen molar-refractivity contribution in [2.24, 2.45) is 5.10 Å². The summed E-state index contributed by atoms with van der Waals surface area (Å²) in [5.41, 5.74) is 3.69. The number of rotatable bonds is 3. The molecular weight excluding hydrogens is 425 g/mol. The SMILES string of the molecule is O=[N+]([O-])c1ccc([C@@H]2Oc3ccc(Cl)cc3[C@H]3CC(c4ccc(Cl)cc4)=NN32)cc1. The van der Waals surface area contributed by atoms with Gasteiger partial charge in [0.1, 0.15) is 5.75 Å². The van der Waals surface area contributed by atoms with E-state index in [2.05, 4.69) is 0 Å². The van der Waals surface area contributed by atoms with E-state index >= 15 is 0 Å². The second-order valence-electron chi connectivity index (χ2n) is 7.15. The van der Waals surface area contributed by atoms with Crippen molar-refractivity contribution >= 4 is 34.6 Å². The van der Waals surface area contributed by atoms with Crippen molar-refractivity contribution in [3.8, 4) is 5.75 Å². The van der Waals surface area contributed by atoms with E-state index in [1.807, 2.05) is 41.4 Å². The van der Waals surface area contributed by atoms with Crippen LogP contribution < -0.4 is 4.74 Å². The predicted molar refractivity (Wildman–Crippen MR) is 115 cm³/mol. The summed E-state index contributed by atoms with van der Waals surface area (Å²) in [6.45, 7) is 0. The van der Waals surface area contributed by atoms with E-state index in [0.717, 1.165) is 28.2 Å². The fourth-order valence-electron chi connectivity index (χ4n) is 3.86. The zero-order chi connectivity index (χ0) is 20.8. The molecule has 0 amide bonds. The van der Waals surface area contributed by atoms with Crippen molar-refractivity contribution in [3.63, 3.8) is 0 Å². The van der Waals surface area contributed by atoms with Gasteiger partial charge in [-0.1, -0.05) is 35.3 Å². The minimum Gasteiger partial charge on any atom is -0.464 e. The zero-order valence-electron chi connectivity index (χ0n) is 15.5. The number of nitro groups is 1. The maximum atomic E-state index is 11.0. The predicted octanol–water partition coefficient (Wildman–Crippen LogP) is 6.14.